The molecule has 252 valence electrons. The van der Waals surface area contributed by atoms with Crippen molar-refractivity contribution in [2.45, 2.75) is 75.9 Å². The molecule has 0 radical (unpaired) electrons. The van der Waals surface area contributed by atoms with E-state index in [0.717, 1.165) is 56.7 Å². The summed E-state index contributed by atoms with van der Waals surface area (Å²) in [7, 11) is -3.60. The molecule has 5 heterocycles. The van der Waals surface area contributed by atoms with Gasteiger partial charge >= 0.3 is 0 Å². The standard InChI is InChI=1S/C35H46ClN7O3S/c1-25-23-41(35(4)12-17-40(18-13-35)34(44)32-26(2)38-24-39-27(32)3)19-20-43(25)33(29-7-6-14-37-22-29)28-10-15-42(16-11-28)47(45,46)31-9-5-8-30(36)21-31/h5-9,14,21-22,24-25,28,33H,10-13,15-20,23H2,1-4H3/t25-,33+/m0/s1. The Kier molecular flexibility index (Phi) is 10.0. The van der Waals surface area contributed by atoms with Crippen LogP contribution in [0.25, 0.3) is 0 Å². The fourth-order valence-electron chi connectivity index (χ4n) is 7.94. The van der Waals surface area contributed by atoms with Crippen LogP contribution in [-0.2, 0) is 10.0 Å². The minimum Gasteiger partial charge on any atom is -0.338 e. The van der Waals surface area contributed by atoms with Gasteiger partial charge in [-0.3, -0.25) is 19.6 Å². The molecule has 6 rings (SSSR count). The first-order valence-corrected chi connectivity index (χ1v) is 18.5. The van der Waals surface area contributed by atoms with Crippen LogP contribution in [0.5, 0.6) is 0 Å². The number of carbonyl (C=O) groups excluding carboxylic acids is 1. The van der Waals surface area contributed by atoms with Crippen molar-refractivity contribution >= 4 is 27.5 Å². The summed E-state index contributed by atoms with van der Waals surface area (Å²) in [5.41, 5.74) is 3.30. The topological polar surface area (TPSA) is 103 Å². The molecule has 12 heteroatoms. The molecule has 3 aromatic rings. The molecule has 0 saturated carbocycles. The normalized spacial score (nSPS) is 22.7. The van der Waals surface area contributed by atoms with Gasteiger partial charge in [0.2, 0.25) is 10.0 Å². The Hall–Kier alpha value is -2.96. The average Bonchev–Trinajstić information content (AvgIpc) is 3.06. The lowest BCUT2D eigenvalue weighted by Gasteiger charge is -2.54. The van der Waals surface area contributed by atoms with Gasteiger partial charge in [-0.1, -0.05) is 23.7 Å². The van der Waals surface area contributed by atoms with Gasteiger partial charge in [0, 0.05) is 80.9 Å². The largest absolute Gasteiger partial charge is 0.338 e. The monoisotopic (exact) mass is 679 g/mol. The minimum atomic E-state index is -3.60. The van der Waals surface area contributed by atoms with Crippen molar-refractivity contribution in [2.24, 2.45) is 5.92 Å². The van der Waals surface area contributed by atoms with E-state index in [1.165, 1.54) is 18.0 Å². The first kappa shape index (κ1) is 33.9. The van der Waals surface area contributed by atoms with Gasteiger partial charge in [-0.2, -0.15) is 4.31 Å². The number of benzene rings is 1. The molecule has 10 nitrogen and oxygen atoms in total. The van der Waals surface area contributed by atoms with Crippen LogP contribution >= 0.6 is 11.6 Å². The third kappa shape index (κ3) is 6.96. The Morgan fingerprint density at radius 3 is 2.30 bits per heavy atom. The highest BCUT2D eigenvalue weighted by Crippen LogP contribution is 2.40. The summed E-state index contributed by atoms with van der Waals surface area (Å²) in [4.78, 5) is 33.9. The maximum Gasteiger partial charge on any atom is 0.257 e. The summed E-state index contributed by atoms with van der Waals surface area (Å²) < 4.78 is 28.5. The van der Waals surface area contributed by atoms with Crippen LogP contribution in [0.3, 0.4) is 0 Å². The number of carbonyl (C=O) groups is 1. The number of nitrogens with zero attached hydrogens (tertiary/aromatic N) is 7. The average molecular weight is 680 g/mol. The number of aromatic nitrogens is 3. The maximum absolute atomic E-state index is 13.4. The molecule has 3 aliphatic rings. The second-order valence-corrected chi connectivity index (χ2v) is 16.0. The second-order valence-electron chi connectivity index (χ2n) is 13.7. The molecule has 3 saturated heterocycles. The summed E-state index contributed by atoms with van der Waals surface area (Å²) in [6.07, 6.45) is 8.70. The number of likely N-dealkylation sites (tertiary alicyclic amines) is 1. The third-order valence-electron chi connectivity index (χ3n) is 10.8. The van der Waals surface area contributed by atoms with Crippen LogP contribution in [-0.4, -0.2) is 106 Å². The molecule has 0 bridgehead atoms. The van der Waals surface area contributed by atoms with E-state index in [-0.39, 0.29) is 22.4 Å². The summed E-state index contributed by atoms with van der Waals surface area (Å²) >= 11 is 6.13. The number of halogens is 1. The molecule has 0 aliphatic carbocycles. The number of rotatable bonds is 7. The molecule has 47 heavy (non-hydrogen) atoms. The zero-order chi connectivity index (χ0) is 33.3. The zero-order valence-electron chi connectivity index (χ0n) is 27.8. The first-order valence-electron chi connectivity index (χ1n) is 16.7. The van der Waals surface area contributed by atoms with Crippen LogP contribution < -0.4 is 0 Å². The molecule has 2 aromatic heterocycles. The van der Waals surface area contributed by atoms with Crippen molar-refractivity contribution in [3.8, 4) is 0 Å². The highest BCUT2D eigenvalue weighted by atomic mass is 35.5. The van der Waals surface area contributed by atoms with Crippen molar-refractivity contribution in [1.29, 1.82) is 0 Å². The van der Waals surface area contributed by atoms with Gasteiger partial charge in [0.25, 0.3) is 5.91 Å². The number of hydrogen-bond acceptors (Lipinski definition) is 8. The smallest absolute Gasteiger partial charge is 0.257 e. The SMILES string of the molecule is Cc1ncnc(C)c1C(=O)N1CCC(C)(N2CCN([C@@H](c3cccnc3)C3CCN(S(=O)(=O)c4cccc(Cl)c4)CC3)[C@@H](C)C2)CC1. The van der Waals surface area contributed by atoms with Gasteiger partial charge in [0.1, 0.15) is 6.33 Å². The van der Waals surface area contributed by atoms with Gasteiger partial charge in [0.15, 0.2) is 0 Å². The number of sulfonamides is 1. The van der Waals surface area contributed by atoms with Gasteiger partial charge in [-0.05, 0) is 89.1 Å². The predicted molar refractivity (Wildman–Crippen MR) is 183 cm³/mol. The third-order valence-corrected chi connectivity index (χ3v) is 12.9. The van der Waals surface area contributed by atoms with Crippen molar-refractivity contribution < 1.29 is 13.2 Å². The molecule has 3 fully saturated rings. The fraction of sp³-hybridized carbons (Fsp3) is 0.543. The highest BCUT2D eigenvalue weighted by molar-refractivity contribution is 7.89. The number of pyridine rings is 1. The van der Waals surface area contributed by atoms with E-state index in [4.69, 9.17) is 11.6 Å². The van der Waals surface area contributed by atoms with Crippen molar-refractivity contribution in [2.75, 3.05) is 45.8 Å². The molecule has 0 spiro atoms. The van der Waals surface area contributed by atoms with Crippen LogP contribution in [0.1, 0.15) is 72.9 Å². The molecule has 2 atom stereocenters. The summed E-state index contributed by atoms with van der Waals surface area (Å²) in [6, 6.07) is 11.2. The van der Waals surface area contributed by atoms with E-state index in [2.05, 4.69) is 44.7 Å². The molecule has 1 amide bonds. The van der Waals surface area contributed by atoms with Crippen molar-refractivity contribution in [1.82, 2.24) is 34.0 Å². The Morgan fingerprint density at radius 1 is 0.979 bits per heavy atom. The van der Waals surface area contributed by atoms with E-state index in [1.807, 2.05) is 37.2 Å². The highest BCUT2D eigenvalue weighted by Gasteiger charge is 2.43. The Labute approximate surface area is 284 Å². The van der Waals surface area contributed by atoms with Gasteiger partial charge in [-0.25, -0.2) is 18.4 Å². The molecular formula is C35H46ClN7O3S. The lowest BCUT2D eigenvalue weighted by Crippen LogP contribution is -2.63. The number of hydrogen-bond donors (Lipinski definition) is 0. The zero-order valence-corrected chi connectivity index (χ0v) is 29.4. The molecule has 0 N–H and O–H groups in total. The molecular weight excluding hydrogens is 634 g/mol. The van der Waals surface area contributed by atoms with E-state index < -0.39 is 10.0 Å². The fourth-order valence-corrected chi connectivity index (χ4v) is 9.71. The van der Waals surface area contributed by atoms with E-state index in [0.29, 0.717) is 48.7 Å². The molecule has 3 aliphatic heterocycles. The van der Waals surface area contributed by atoms with Gasteiger partial charge in [0.05, 0.1) is 21.8 Å². The Bertz CT molecular complexity index is 1660. The van der Waals surface area contributed by atoms with Crippen LogP contribution in [0.15, 0.2) is 60.0 Å². The predicted octanol–water partition coefficient (Wildman–Crippen LogP) is 4.98. The van der Waals surface area contributed by atoms with E-state index >= 15 is 0 Å². The minimum absolute atomic E-state index is 0.0121. The van der Waals surface area contributed by atoms with Crippen molar-refractivity contribution in [3.63, 3.8) is 0 Å². The summed E-state index contributed by atoms with van der Waals surface area (Å²) in [5, 5.41) is 0.422. The van der Waals surface area contributed by atoms with Crippen LogP contribution in [0.4, 0.5) is 0 Å². The van der Waals surface area contributed by atoms with Gasteiger partial charge < -0.3 is 4.90 Å². The number of piperazine rings is 1. The Morgan fingerprint density at radius 2 is 1.68 bits per heavy atom. The summed E-state index contributed by atoms with van der Waals surface area (Å²) in [5.74, 6) is 0.337. The summed E-state index contributed by atoms with van der Waals surface area (Å²) in [6.45, 7) is 13.6. The lowest BCUT2D eigenvalue weighted by molar-refractivity contribution is -0.0422. The quantitative estimate of drug-likeness (QED) is 0.345. The van der Waals surface area contributed by atoms with Crippen molar-refractivity contribution in [3.05, 3.63) is 82.7 Å². The van der Waals surface area contributed by atoms with Crippen LogP contribution in [0.2, 0.25) is 5.02 Å². The number of amides is 1. The van der Waals surface area contributed by atoms with E-state index in [1.54, 1.807) is 22.5 Å². The number of aryl methyl sites for hydroxylation is 2. The number of piperidine rings is 2. The Balaban J connectivity index is 1.12. The molecule has 0 unspecified atom stereocenters. The van der Waals surface area contributed by atoms with Crippen LogP contribution in [0, 0.1) is 19.8 Å². The van der Waals surface area contributed by atoms with E-state index in [9.17, 15) is 13.2 Å². The maximum atomic E-state index is 13.4. The first-order chi connectivity index (χ1) is 22.5. The van der Waals surface area contributed by atoms with Gasteiger partial charge in [-0.15, -0.1) is 0 Å². The molecule has 1 aromatic carbocycles. The lowest BCUT2D eigenvalue weighted by atomic mass is 9.83. The second kappa shape index (κ2) is 13.9.